The summed E-state index contributed by atoms with van der Waals surface area (Å²) in [5, 5.41) is 17.7. The third kappa shape index (κ3) is 3.31. The Morgan fingerprint density at radius 1 is 1.39 bits per heavy atom. The summed E-state index contributed by atoms with van der Waals surface area (Å²) in [6.07, 6.45) is -0.151. The highest BCUT2D eigenvalue weighted by Gasteiger charge is 2.40. The van der Waals surface area contributed by atoms with Crippen molar-refractivity contribution in [2.24, 2.45) is 21.0 Å². The maximum atomic E-state index is 11.3. The van der Waals surface area contributed by atoms with Gasteiger partial charge in [0.15, 0.2) is 0 Å². The number of carboxylic acid groups (broad SMARTS) is 1. The molecule has 1 aliphatic rings. The molecule has 0 aromatic heterocycles. The minimum atomic E-state index is -0.949. The van der Waals surface area contributed by atoms with Crippen LogP contribution in [0.2, 0.25) is 0 Å². The molecule has 23 heavy (non-hydrogen) atoms. The van der Waals surface area contributed by atoms with Crippen molar-refractivity contribution in [3.05, 3.63) is 40.6 Å². The third-order valence-corrected chi connectivity index (χ3v) is 3.86. The van der Waals surface area contributed by atoms with Crippen LogP contribution in [0.15, 0.2) is 39.1 Å². The Balaban J connectivity index is 2.68. The van der Waals surface area contributed by atoms with E-state index in [1.165, 1.54) is 0 Å². The SMILES string of the molecule is CCN=C(N)C1=C(c2ccc(C)cc2C)C(C)(CC(=O)O)N=N1. The van der Waals surface area contributed by atoms with Gasteiger partial charge in [-0.3, -0.25) is 9.79 Å². The second-order valence-corrected chi connectivity index (χ2v) is 5.95. The average molecular weight is 314 g/mol. The molecule has 1 atom stereocenters. The molecule has 1 aliphatic heterocycles. The zero-order valence-electron chi connectivity index (χ0n) is 13.9. The van der Waals surface area contributed by atoms with Crippen LogP contribution >= 0.6 is 0 Å². The predicted octanol–water partition coefficient (Wildman–Crippen LogP) is 3.09. The van der Waals surface area contributed by atoms with Gasteiger partial charge in [0.2, 0.25) is 0 Å². The molecule has 2 rings (SSSR count). The number of nitrogens with two attached hydrogens (primary N) is 1. The molecule has 0 saturated heterocycles. The summed E-state index contributed by atoms with van der Waals surface area (Å²) in [4.78, 5) is 15.5. The van der Waals surface area contributed by atoms with Gasteiger partial charge in [-0.25, -0.2) is 0 Å². The topological polar surface area (TPSA) is 100 Å². The summed E-state index contributed by atoms with van der Waals surface area (Å²) in [6.45, 7) is 8.18. The van der Waals surface area contributed by atoms with E-state index < -0.39 is 11.5 Å². The molecule has 0 amide bonds. The number of aliphatic imine (C=N–C) groups is 1. The molecule has 0 saturated carbocycles. The quantitative estimate of drug-likeness (QED) is 0.645. The van der Waals surface area contributed by atoms with Gasteiger partial charge in [-0.1, -0.05) is 23.8 Å². The number of hydrogen-bond donors (Lipinski definition) is 2. The molecular formula is C17H22N4O2. The van der Waals surface area contributed by atoms with Crippen LogP contribution in [-0.2, 0) is 4.79 Å². The molecule has 6 nitrogen and oxygen atoms in total. The first kappa shape index (κ1) is 16.9. The second kappa shape index (κ2) is 6.32. The number of amidine groups is 1. The van der Waals surface area contributed by atoms with E-state index in [9.17, 15) is 9.90 Å². The molecule has 0 aliphatic carbocycles. The van der Waals surface area contributed by atoms with E-state index in [4.69, 9.17) is 5.73 Å². The molecule has 1 aromatic rings. The number of rotatable bonds is 5. The Hall–Kier alpha value is -2.50. The van der Waals surface area contributed by atoms with Crippen molar-refractivity contribution in [3.63, 3.8) is 0 Å². The number of azo groups is 1. The highest BCUT2D eigenvalue weighted by atomic mass is 16.4. The van der Waals surface area contributed by atoms with Crippen LogP contribution in [0.1, 0.15) is 37.0 Å². The van der Waals surface area contributed by atoms with Crippen LogP contribution in [-0.4, -0.2) is 29.0 Å². The molecule has 0 bridgehead atoms. The van der Waals surface area contributed by atoms with Gasteiger partial charge >= 0.3 is 5.97 Å². The van der Waals surface area contributed by atoms with Gasteiger partial charge in [0.25, 0.3) is 0 Å². The van der Waals surface area contributed by atoms with Gasteiger partial charge < -0.3 is 10.8 Å². The lowest BCUT2D eigenvalue weighted by Crippen LogP contribution is -2.27. The van der Waals surface area contributed by atoms with Crippen LogP contribution in [0.3, 0.4) is 0 Å². The van der Waals surface area contributed by atoms with Gasteiger partial charge in [0, 0.05) is 12.1 Å². The minimum absolute atomic E-state index is 0.151. The number of hydrogen-bond acceptors (Lipinski definition) is 4. The molecule has 0 radical (unpaired) electrons. The molecule has 1 aromatic carbocycles. The van der Waals surface area contributed by atoms with Crippen LogP contribution in [0, 0.1) is 13.8 Å². The largest absolute Gasteiger partial charge is 0.481 e. The fraction of sp³-hybridized carbons (Fsp3) is 0.412. The number of carbonyl (C=O) groups is 1. The van der Waals surface area contributed by atoms with Crippen molar-refractivity contribution in [1.82, 2.24) is 0 Å². The molecule has 0 spiro atoms. The van der Waals surface area contributed by atoms with Crippen molar-refractivity contribution in [1.29, 1.82) is 0 Å². The lowest BCUT2D eigenvalue weighted by atomic mass is 9.82. The van der Waals surface area contributed by atoms with E-state index >= 15 is 0 Å². The van der Waals surface area contributed by atoms with Gasteiger partial charge in [-0.15, -0.1) is 0 Å². The fourth-order valence-corrected chi connectivity index (χ4v) is 2.87. The molecule has 1 heterocycles. The monoisotopic (exact) mass is 314 g/mol. The summed E-state index contributed by atoms with van der Waals surface area (Å²) >= 11 is 0. The molecule has 3 N–H and O–H groups in total. The number of nitrogens with zero attached hydrogens (tertiary/aromatic N) is 3. The van der Waals surface area contributed by atoms with Crippen LogP contribution < -0.4 is 5.73 Å². The normalized spacial score (nSPS) is 21.1. The van der Waals surface area contributed by atoms with Crippen molar-refractivity contribution < 1.29 is 9.90 Å². The highest BCUT2D eigenvalue weighted by Crippen LogP contribution is 2.42. The summed E-state index contributed by atoms with van der Waals surface area (Å²) in [5.74, 6) is -0.638. The molecule has 1 unspecified atom stereocenters. The van der Waals surface area contributed by atoms with Gasteiger partial charge in [0.1, 0.15) is 17.1 Å². The molecule has 0 fully saturated rings. The van der Waals surface area contributed by atoms with Crippen molar-refractivity contribution >= 4 is 17.4 Å². The minimum Gasteiger partial charge on any atom is -0.481 e. The standard InChI is InChI=1S/C17H22N4O2/c1-5-19-16(18)15-14(12-7-6-10(2)8-11(12)3)17(4,21-20-15)9-13(22)23/h6-8H,5,9H2,1-4H3,(H2,18,19)(H,22,23). The molecule has 6 heteroatoms. The summed E-state index contributed by atoms with van der Waals surface area (Å²) in [6, 6.07) is 6.00. The second-order valence-electron chi connectivity index (χ2n) is 5.95. The summed E-state index contributed by atoms with van der Waals surface area (Å²) in [7, 11) is 0. The third-order valence-electron chi connectivity index (χ3n) is 3.86. The Bertz CT molecular complexity index is 734. The van der Waals surface area contributed by atoms with Gasteiger partial charge in [-0.2, -0.15) is 10.2 Å². The van der Waals surface area contributed by atoms with Crippen LogP contribution in [0.25, 0.3) is 5.57 Å². The first-order chi connectivity index (χ1) is 10.8. The van der Waals surface area contributed by atoms with Gasteiger partial charge in [-0.05, 0) is 38.8 Å². The number of benzene rings is 1. The Morgan fingerprint density at radius 3 is 2.65 bits per heavy atom. The zero-order chi connectivity index (χ0) is 17.2. The van der Waals surface area contributed by atoms with Gasteiger partial charge in [0.05, 0.1) is 6.42 Å². The Kier molecular flexibility index (Phi) is 4.63. The first-order valence-corrected chi connectivity index (χ1v) is 7.56. The fourth-order valence-electron chi connectivity index (χ4n) is 2.87. The van der Waals surface area contributed by atoms with Crippen LogP contribution in [0.5, 0.6) is 0 Å². The summed E-state index contributed by atoms with van der Waals surface area (Å²) in [5.41, 5.74) is 9.37. The smallest absolute Gasteiger partial charge is 0.306 e. The van der Waals surface area contributed by atoms with E-state index in [0.29, 0.717) is 18.1 Å². The maximum Gasteiger partial charge on any atom is 0.306 e. The van der Waals surface area contributed by atoms with Crippen LogP contribution in [0.4, 0.5) is 0 Å². The Morgan fingerprint density at radius 2 is 2.09 bits per heavy atom. The van der Waals surface area contributed by atoms with Crippen molar-refractivity contribution in [2.75, 3.05) is 6.54 Å². The molecule has 122 valence electrons. The number of aliphatic carboxylic acids is 1. The average Bonchev–Trinajstić information content (AvgIpc) is 2.76. The molecular weight excluding hydrogens is 292 g/mol. The highest BCUT2D eigenvalue weighted by molar-refractivity contribution is 6.06. The van der Waals surface area contributed by atoms with E-state index in [1.807, 2.05) is 39.0 Å². The van der Waals surface area contributed by atoms with E-state index in [1.54, 1.807) is 6.92 Å². The lowest BCUT2D eigenvalue weighted by Gasteiger charge is -2.23. The Labute approximate surface area is 135 Å². The van der Waals surface area contributed by atoms with E-state index in [2.05, 4.69) is 15.2 Å². The van der Waals surface area contributed by atoms with Crippen molar-refractivity contribution in [2.45, 2.75) is 39.7 Å². The van der Waals surface area contributed by atoms with E-state index in [-0.39, 0.29) is 6.42 Å². The lowest BCUT2D eigenvalue weighted by molar-refractivity contribution is -0.137. The zero-order valence-corrected chi connectivity index (χ0v) is 13.9. The predicted molar refractivity (Wildman–Crippen MR) is 90.5 cm³/mol. The number of aryl methyl sites for hydroxylation is 2. The number of carboxylic acids is 1. The maximum absolute atomic E-state index is 11.3. The first-order valence-electron chi connectivity index (χ1n) is 7.56. The summed E-state index contributed by atoms with van der Waals surface area (Å²) < 4.78 is 0. The van der Waals surface area contributed by atoms with E-state index in [0.717, 1.165) is 22.3 Å². The van der Waals surface area contributed by atoms with Crippen molar-refractivity contribution in [3.8, 4) is 0 Å².